The second-order valence-electron chi connectivity index (χ2n) is 5.12. The van der Waals surface area contributed by atoms with E-state index in [1.807, 2.05) is 25.1 Å². The highest BCUT2D eigenvalue weighted by molar-refractivity contribution is 6.31. The lowest BCUT2D eigenvalue weighted by molar-refractivity contribution is -0.146. The zero-order chi connectivity index (χ0) is 14.3. The van der Waals surface area contributed by atoms with E-state index in [2.05, 4.69) is 16.5 Å². The fraction of sp³-hybridized carbons (Fsp3) is 0.467. The molecule has 0 aliphatic heterocycles. The van der Waals surface area contributed by atoms with Gasteiger partial charge in [0.2, 0.25) is 0 Å². The first-order valence-electron chi connectivity index (χ1n) is 6.96. The van der Waals surface area contributed by atoms with Crippen molar-refractivity contribution in [1.29, 1.82) is 0 Å². The van der Waals surface area contributed by atoms with Crippen LogP contribution in [-0.4, -0.2) is 22.1 Å². The third kappa shape index (κ3) is 1.90. The Morgan fingerprint density at radius 2 is 2.20 bits per heavy atom. The van der Waals surface area contributed by atoms with Crippen LogP contribution in [0, 0.1) is 0 Å². The van der Waals surface area contributed by atoms with Gasteiger partial charge in [0.1, 0.15) is 11.2 Å². The Balaban J connectivity index is 2.14. The molecule has 106 valence electrons. The highest BCUT2D eigenvalue weighted by Crippen LogP contribution is 2.49. The first kappa shape index (κ1) is 13.4. The molecule has 0 saturated heterocycles. The number of carbonyl (C=O) groups is 1. The summed E-state index contributed by atoms with van der Waals surface area (Å²) in [5, 5.41) is 0.658. The molecular weight excluding hydrogens is 276 g/mol. The average Bonchev–Trinajstić information content (AvgIpc) is 3.15. The molecule has 2 aromatic rings. The van der Waals surface area contributed by atoms with Gasteiger partial charge in [-0.2, -0.15) is 0 Å². The first-order chi connectivity index (χ1) is 9.62. The lowest BCUT2D eigenvalue weighted by Gasteiger charge is -2.15. The van der Waals surface area contributed by atoms with Gasteiger partial charge in [-0.1, -0.05) is 11.6 Å². The molecule has 0 radical (unpaired) electrons. The number of carbonyl (C=O) groups excluding carboxylic acids is 1. The van der Waals surface area contributed by atoms with E-state index in [4.69, 9.17) is 16.3 Å². The molecule has 1 fully saturated rings. The number of aromatic nitrogens is 2. The van der Waals surface area contributed by atoms with Crippen molar-refractivity contribution < 1.29 is 9.53 Å². The fourth-order valence-electron chi connectivity index (χ4n) is 2.70. The number of rotatable bonds is 4. The van der Waals surface area contributed by atoms with Crippen LogP contribution in [0.2, 0.25) is 5.02 Å². The molecular formula is C15H17ClN2O2. The maximum Gasteiger partial charge on any atom is 0.319 e. The van der Waals surface area contributed by atoms with Gasteiger partial charge < -0.3 is 9.30 Å². The van der Waals surface area contributed by atoms with Crippen molar-refractivity contribution in [2.75, 3.05) is 6.61 Å². The summed E-state index contributed by atoms with van der Waals surface area (Å²) in [7, 11) is 0. The van der Waals surface area contributed by atoms with Crippen molar-refractivity contribution in [3.63, 3.8) is 0 Å². The molecule has 4 nitrogen and oxygen atoms in total. The molecule has 0 spiro atoms. The topological polar surface area (TPSA) is 44.1 Å². The Bertz CT molecular complexity index is 674. The molecule has 0 N–H and O–H groups in total. The summed E-state index contributed by atoms with van der Waals surface area (Å²) in [6.45, 7) is 5.06. The van der Waals surface area contributed by atoms with Crippen LogP contribution in [-0.2, 0) is 21.5 Å². The Hall–Kier alpha value is -1.55. The molecule has 1 aliphatic carbocycles. The largest absolute Gasteiger partial charge is 0.465 e. The molecule has 0 unspecified atom stereocenters. The molecule has 3 rings (SSSR count). The van der Waals surface area contributed by atoms with Gasteiger partial charge in [-0.15, -0.1) is 0 Å². The monoisotopic (exact) mass is 292 g/mol. The van der Waals surface area contributed by atoms with E-state index in [0.29, 0.717) is 11.6 Å². The third-order valence-electron chi connectivity index (χ3n) is 3.87. The van der Waals surface area contributed by atoms with Crippen LogP contribution in [0.25, 0.3) is 11.0 Å². The Morgan fingerprint density at radius 1 is 1.45 bits per heavy atom. The molecule has 1 aromatic carbocycles. The number of benzene rings is 1. The average molecular weight is 293 g/mol. The highest BCUT2D eigenvalue weighted by Gasteiger charge is 2.56. The second kappa shape index (κ2) is 4.77. The standard InChI is InChI=1S/C15H17ClN2O2/c1-3-18-12-6-5-10(16)9-11(12)17-13(18)15(7-8-15)14(19)20-4-2/h5-6,9H,3-4,7-8H2,1-2H3. The van der Waals surface area contributed by atoms with E-state index >= 15 is 0 Å². The molecule has 20 heavy (non-hydrogen) atoms. The summed E-state index contributed by atoms with van der Waals surface area (Å²) in [6, 6.07) is 5.65. The third-order valence-corrected chi connectivity index (χ3v) is 4.11. The summed E-state index contributed by atoms with van der Waals surface area (Å²) in [4.78, 5) is 16.9. The number of imidazole rings is 1. The van der Waals surface area contributed by atoms with Crippen LogP contribution in [0.3, 0.4) is 0 Å². The smallest absolute Gasteiger partial charge is 0.319 e. The van der Waals surface area contributed by atoms with E-state index in [-0.39, 0.29) is 5.97 Å². The van der Waals surface area contributed by atoms with Gasteiger partial charge in [0.05, 0.1) is 17.6 Å². The van der Waals surface area contributed by atoms with Gasteiger partial charge in [0.15, 0.2) is 0 Å². The fourth-order valence-corrected chi connectivity index (χ4v) is 2.87. The molecule has 1 aliphatic rings. The summed E-state index contributed by atoms with van der Waals surface area (Å²) < 4.78 is 7.32. The molecule has 1 saturated carbocycles. The second-order valence-corrected chi connectivity index (χ2v) is 5.55. The number of hydrogen-bond donors (Lipinski definition) is 0. The van der Waals surface area contributed by atoms with E-state index in [1.165, 1.54) is 0 Å². The van der Waals surface area contributed by atoms with Crippen LogP contribution >= 0.6 is 11.6 Å². The maximum atomic E-state index is 12.2. The van der Waals surface area contributed by atoms with Gasteiger partial charge in [-0.05, 0) is 44.9 Å². The number of nitrogens with zero attached hydrogens (tertiary/aromatic N) is 2. The van der Waals surface area contributed by atoms with Crippen LogP contribution < -0.4 is 0 Å². The summed E-state index contributed by atoms with van der Waals surface area (Å²) in [5.41, 5.74) is 1.31. The van der Waals surface area contributed by atoms with Crippen LogP contribution in [0.5, 0.6) is 0 Å². The number of fused-ring (bicyclic) bond motifs is 1. The Kier molecular flexibility index (Phi) is 3.21. The van der Waals surface area contributed by atoms with E-state index in [0.717, 1.165) is 36.2 Å². The van der Waals surface area contributed by atoms with E-state index in [9.17, 15) is 4.79 Å². The van der Waals surface area contributed by atoms with Gasteiger partial charge in [-0.25, -0.2) is 4.98 Å². The lowest BCUT2D eigenvalue weighted by Crippen LogP contribution is -2.27. The molecule has 1 aromatic heterocycles. The van der Waals surface area contributed by atoms with Crippen molar-refractivity contribution in [2.24, 2.45) is 0 Å². The number of esters is 1. The van der Waals surface area contributed by atoms with Gasteiger partial charge in [0.25, 0.3) is 0 Å². The first-order valence-corrected chi connectivity index (χ1v) is 7.33. The minimum absolute atomic E-state index is 0.156. The van der Waals surface area contributed by atoms with Crippen molar-refractivity contribution >= 4 is 28.6 Å². The zero-order valence-electron chi connectivity index (χ0n) is 11.6. The summed E-state index contributed by atoms with van der Waals surface area (Å²) in [5.74, 6) is 0.659. The van der Waals surface area contributed by atoms with Crippen LogP contribution in [0.1, 0.15) is 32.5 Å². The molecule has 0 bridgehead atoms. The van der Waals surface area contributed by atoms with Crippen LogP contribution in [0.4, 0.5) is 0 Å². The van der Waals surface area contributed by atoms with Crippen molar-refractivity contribution in [1.82, 2.24) is 9.55 Å². The predicted octanol–water partition coefficient (Wildman–Crippen LogP) is 3.30. The van der Waals surface area contributed by atoms with Crippen molar-refractivity contribution in [3.05, 3.63) is 29.0 Å². The summed E-state index contributed by atoms with van der Waals surface area (Å²) >= 11 is 6.02. The molecule has 0 atom stereocenters. The minimum atomic E-state index is -0.544. The SMILES string of the molecule is CCOC(=O)C1(c2nc3cc(Cl)ccc3n2CC)CC1. The predicted molar refractivity (Wildman–Crippen MR) is 78.0 cm³/mol. The van der Waals surface area contributed by atoms with E-state index < -0.39 is 5.41 Å². The van der Waals surface area contributed by atoms with Crippen molar-refractivity contribution in [3.8, 4) is 0 Å². The van der Waals surface area contributed by atoms with E-state index in [1.54, 1.807) is 0 Å². The summed E-state index contributed by atoms with van der Waals surface area (Å²) in [6.07, 6.45) is 1.62. The van der Waals surface area contributed by atoms with Gasteiger partial charge in [-0.3, -0.25) is 4.79 Å². The number of halogens is 1. The van der Waals surface area contributed by atoms with Crippen LogP contribution in [0.15, 0.2) is 18.2 Å². The highest BCUT2D eigenvalue weighted by atomic mass is 35.5. The number of aryl methyl sites for hydroxylation is 1. The van der Waals surface area contributed by atoms with Crippen molar-refractivity contribution in [2.45, 2.75) is 38.6 Å². The molecule has 5 heteroatoms. The Labute approximate surface area is 122 Å². The Morgan fingerprint density at radius 3 is 2.80 bits per heavy atom. The molecule has 0 amide bonds. The number of hydrogen-bond acceptors (Lipinski definition) is 3. The molecule has 1 heterocycles. The lowest BCUT2D eigenvalue weighted by atomic mass is 10.1. The quantitative estimate of drug-likeness (QED) is 0.812. The normalized spacial score (nSPS) is 16.4. The number of ether oxygens (including phenoxy) is 1. The minimum Gasteiger partial charge on any atom is -0.465 e. The van der Waals surface area contributed by atoms with Gasteiger partial charge in [0, 0.05) is 11.6 Å². The van der Waals surface area contributed by atoms with Gasteiger partial charge >= 0.3 is 5.97 Å². The maximum absolute atomic E-state index is 12.2. The zero-order valence-corrected chi connectivity index (χ0v) is 12.4.